The first-order valence-corrected chi connectivity index (χ1v) is 5.76. The maximum atomic E-state index is 4.63. The van der Waals surface area contributed by atoms with Crippen LogP contribution >= 0.6 is 0 Å². The van der Waals surface area contributed by atoms with Gasteiger partial charge in [-0.1, -0.05) is 33.3 Å². The van der Waals surface area contributed by atoms with Crippen molar-refractivity contribution in [2.45, 2.75) is 60.4 Å². The first-order chi connectivity index (χ1) is 6.51. The molecule has 0 aliphatic heterocycles. The van der Waals surface area contributed by atoms with Gasteiger partial charge in [0.05, 0.1) is 0 Å². The van der Waals surface area contributed by atoms with Gasteiger partial charge in [-0.15, -0.1) is 0 Å². The van der Waals surface area contributed by atoms with Crippen molar-refractivity contribution in [3.63, 3.8) is 0 Å². The minimum Gasteiger partial charge on any atom is -0.287 e. The number of rotatable bonds is 5. The molecule has 0 aromatic heterocycles. The quantitative estimate of drug-likeness (QED) is 0.582. The van der Waals surface area contributed by atoms with E-state index < -0.39 is 0 Å². The van der Waals surface area contributed by atoms with E-state index in [0.717, 1.165) is 6.42 Å². The van der Waals surface area contributed by atoms with E-state index in [1.807, 2.05) is 0 Å². The number of hydrogen-bond acceptors (Lipinski definition) is 1. The van der Waals surface area contributed by atoms with Gasteiger partial charge in [0.2, 0.25) is 0 Å². The van der Waals surface area contributed by atoms with Crippen molar-refractivity contribution in [2.75, 3.05) is 0 Å². The van der Waals surface area contributed by atoms with Crippen LogP contribution in [0.2, 0.25) is 0 Å². The van der Waals surface area contributed by atoms with Crippen LogP contribution in [0.15, 0.2) is 16.6 Å². The highest BCUT2D eigenvalue weighted by atomic mass is 14.8. The van der Waals surface area contributed by atoms with E-state index in [0.29, 0.717) is 12.0 Å². The molecule has 0 aliphatic carbocycles. The Hall–Kier alpha value is -0.590. The van der Waals surface area contributed by atoms with Gasteiger partial charge in [0.25, 0.3) is 0 Å². The zero-order valence-electron chi connectivity index (χ0n) is 10.6. The Kier molecular flexibility index (Phi) is 6.52. The van der Waals surface area contributed by atoms with E-state index in [-0.39, 0.29) is 0 Å². The van der Waals surface area contributed by atoms with Gasteiger partial charge in [-0.25, -0.2) is 0 Å². The van der Waals surface area contributed by atoms with Gasteiger partial charge in [0.15, 0.2) is 0 Å². The van der Waals surface area contributed by atoms with Crippen molar-refractivity contribution in [3.05, 3.63) is 11.6 Å². The third-order valence-electron chi connectivity index (χ3n) is 2.38. The van der Waals surface area contributed by atoms with E-state index in [2.05, 4.69) is 52.6 Å². The van der Waals surface area contributed by atoms with E-state index >= 15 is 0 Å². The molecule has 1 heteroatoms. The molecule has 0 amide bonds. The molecule has 0 aliphatic rings. The van der Waals surface area contributed by atoms with Crippen molar-refractivity contribution in [1.82, 2.24) is 0 Å². The van der Waals surface area contributed by atoms with Gasteiger partial charge < -0.3 is 0 Å². The average molecular weight is 195 g/mol. The third-order valence-corrected chi connectivity index (χ3v) is 2.38. The normalized spacial score (nSPS) is 16.2. The molecule has 0 saturated carbocycles. The lowest BCUT2D eigenvalue weighted by Gasteiger charge is -2.09. The van der Waals surface area contributed by atoms with Gasteiger partial charge >= 0.3 is 0 Å². The standard InChI is InChI=1S/C13H25N/c1-7-11(5)9-12(6)13(8-2)14-10(3)4/h9-11H,7-8H2,1-6H3/b12-9+,14-13?/t11-/m0/s1. The first kappa shape index (κ1) is 13.4. The monoisotopic (exact) mass is 195 g/mol. The lowest BCUT2D eigenvalue weighted by molar-refractivity contribution is 0.694. The predicted molar refractivity (Wildman–Crippen MR) is 66.1 cm³/mol. The molecule has 0 heterocycles. The molecular weight excluding hydrogens is 170 g/mol. The van der Waals surface area contributed by atoms with Crippen LogP contribution in [0, 0.1) is 5.92 Å². The Morgan fingerprint density at radius 2 is 1.79 bits per heavy atom. The highest BCUT2D eigenvalue weighted by molar-refractivity contribution is 5.99. The molecule has 0 aromatic rings. The SMILES string of the molecule is CCC(=NC(C)C)/C(C)=C/[C@@H](C)CC. The largest absolute Gasteiger partial charge is 0.287 e. The average Bonchev–Trinajstić information content (AvgIpc) is 2.13. The van der Waals surface area contributed by atoms with Crippen molar-refractivity contribution >= 4 is 5.71 Å². The number of allylic oxidation sites excluding steroid dienone is 2. The van der Waals surface area contributed by atoms with Gasteiger partial charge in [0, 0.05) is 11.8 Å². The van der Waals surface area contributed by atoms with Crippen molar-refractivity contribution < 1.29 is 0 Å². The molecule has 0 unspecified atom stereocenters. The fourth-order valence-electron chi connectivity index (χ4n) is 1.42. The summed E-state index contributed by atoms with van der Waals surface area (Å²) in [5.41, 5.74) is 2.62. The summed E-state index contributed by atoms with van der Waals surface area (Å²) in [6, 6.07) is 0.408. The van der Waals surface area contributed by atoms with Crippen LogP contribution in [0.25, 0.3) is 0 Å². The minimum atomic E-state index is 0.408. The maximum absolute atomic E-state index is 4.63. The number of nitrogens with zero attached hydrogens (tertiary/aromatic N) is 1. The highest BCUT2D eigenvalue weighted by Gasteiger charge is 2.02. The topological polar surface area (TPSA) is 12.4 Å². The van der Waals surface area contributed by atoms with Crippen LogP contribution in [0.1, 0.15) is 54.4 Å². The molecule has 14 heavy (non-hydrogen) atoms. The van der Waals surface area contributed by atoms with Crippen LogP contribution in [0.3, 0.4) is 0 Å². The summed E-state index contributed by atoms with van der Waals surface area (Å²) in [5.74, 6) is 0.666. The fraction of sp³-hybridized carbons (Fsp3) is 0.769. The molecule has 0 N–H and O–H groups in total. The van der Waals surface area contributed by atoms with Crippen LogP contribution < -0.4 is 0 Å². The lowest BCUT2D eigenvalue weighted by Crippen LogP contribution is -2.04. The molecule has 0 radical (unpaired) electrons. The van der Waals surface area contributed by atoms with Crippen LogP contribution in [0.4, 0.5) is 0 Å². The molecule has 0 fully saturated rings. The Balaban J connectivity index is 4.61. The van der Waals surface area contributed by atoms with Gasteiger partial charge in [-0.3, -0.25) is 4.99 Å². The van der Waals surface area contributed by atoms with Crippen molar-refractivity contribution in [3.8, 4) is 0 Å². The number of aliphatic imine (C=N–C) groups is 1. The smallest absolute Gasteiger partial charge is 0.0446 e. The zero-order chi connectivity index (χ0) is 11.1. The molecule has 1 nitrogen and oxygen atoms in total. The maximum Gasteiger partial charge on any atom is 0.0446 e. The van der Waals surface area contributed by atoms with Gasteiger partial charge in [0.1, 0.15) is 0 Å². The second-order valence-corrected chi connectivity index (χ2v) is 4.26. The molecule has 1 atom stereocenters. The Bertz CT molecular complexity index is 211. The fourth-order valence-corrected chi connectivity index (χ4v) is 1.42. The minimum absolute atomic E-state index is 0.408. The summed E-state index contributed by atoms with van der Waals surface area (Å²) >= 11 is 0. The second kappa shape index (κ2) is 6.80. The van der Waals surface area contributed by atoms with E-state index in [4.69, 9.17) is 0 Å². The Morgan fingerprint density at radius 1 is 1.21 bits per heavy atom. The number of hydrogen-bond donors (Lipinski definition) is 0. The van der Waals surface area contributed by atoms with Gasteiger partial charge in [-0.05, 0) is 38.7 Å². The Labute approximate surface area is 89.3 Å². The predicted octanol–water partition coefficient (Wildman–Crippen LogP) is 4.24. The van der Waals surface area contributed by atoms with E-state index in [1.54, 1.807) is 0 Å². The van der Waals surface area contributed by atoms with Crippen molar-refractivity contribution in [1.29, 1.82) is 0 Å². The summed E-state index contributed by atoms with van der Waals surface area (Å²) in [4.78, 5) is 4.63. The molecule has 82 valence electrons. The van der Waals surface area contributed by atoms with Crippen LogP contribution in [-0.4, -0.2) is 11.8 Å². The van der Waals surface area contributed by atoms with E-state index in [9.17, 15) is 0 Å². The van der Waals surface area contributed by atoms with Crippen molar-refractivity contribution in [2.24, 2.45) is 10.9 Å². The second-order valence-electron chi connectivity index (χ2n) is 4.26. The third kappa shape index (κ3) is 5.21. The molecule has 0 saturated heterocycles. The lowest BCUT2D eigenvalue weighted by atomic mass is 10.0. The highest BCUT2D eigenvalue weighted by Crippen LogP contribution is 2.10. The molecule has 0 spiro atoms. The Morgan fingerprint density at radius 3 is 2.14 bits per heavy atom. The van der Waals surface area contributed by atoms with E-state index in [1.165, 1.54) is 17.7 Å². The summed E-state index contributed by atoms with van der Waals surface area (Å²) in [6.07, 6.45) is 4.58. The molecular formula is C13H25N. The zero-order valence-corrected chi connectivity index (χ0v) is 10.6. The summed E-state index contributed by atoms with van der Waals surface area (Å²) in [5, 5.41) is 0. The molecule has 0 bridgehead atoms. The van der Waals surface area contributed by atoms with Crippen LogP contribution in [-0.2, 0) is 0 Å². The summed E-state index contributed by atoms with van der Waals surface area (Å²) in [6.45, 7) is 13.1. The summed E-state index contributed by atoms with van der Waals surface area (Å²) in [7, 11) is 0. The van der Waals surface area contributed by atoms with Crippen LogP contribution in [0.5, 0.6) is 0 Å². The van der Waals surface area contributed by atoms with Gasteiger partial charge in [-0.2, -0.15) is 0 Å². The first-order valence-electron chi connectivity index (χ1n) is 5.76. The molecule has 0 aromatic carbocycles. The molecule has 0 rings (SSSR count). The summed E-state index contributed by atoms with van der Waals surface area (Å²) < 4.78 is 0.